The minimum Gasteiger partial charge on any atom is -0.465 e. The Morgan fingerprint density at radius 1 is 1.36 bits per heavy atom. The Balaban J connectivity index is 3.39. The van der Waals surface area contributed by atoms with Crippen molar-refractivity contribution in [2.24, 2.45) is 0 Å². The highest BCUT2D eigenvalue weighted by Gasteiger charge is 2.04. The summed E-state index contributed by atoms with van der Waals surface area (Å²) in [4.78, 5) is 21.9. The Bertz CT molecular complexity index is 183. The normalized spacial score (nSPS) is 9.57. The van der Waals surface area contributed by atoms with Crippen LogP contribution in [0.5, 0.6) is 0 Å². The van der Waals surface area contributed by atoms with E-state index >= 15 is 0 Å². The summed E-state index contributed by atoms with van der Waals surface area (Å²) < 4.78 is 4.65. The zero-order chi connectivity index (χ0) is 10.8. The van der Waals surface area contributed by atoms with Gasteiger partial charge in [0.15, 0.2) is 0 Å². The molecule has 0 bridgehead atoms. The Kier molecular flexibility index (Phi) is 7.83. The van der Waals surface area contributed by atoms with Crippen LogP contribution in [0, 0.1) is 0 Å². The number of ether oxygens (including phenoxy) is 1. The second kappa shape index (κ2) is 8.50. The van der Waals surface area contributed by atoms with E-state index in [1.807, 2.05) is 7.05 Å². The SMILES string of the molecule is CCOC(=O)CNC(=O)CCCNC. The summed E-state index contributed by atoms with van der Waals surface area (Å²) in [5.74, 6) is -0.511. The van der Waals surface area contributed by atoms with E-state index in [4.69, 9.17) is 0 Å². The first-order valence-corrected chi connectivity index (χ1v) is 4.77. The van der Waals surface area contributed by atoms with E-state index < -0.39 is 5.97 Å². The van der Waals surface area contributed by atoms with Crippen LogP contribution in [0.25, 0.3) is 0 Å². The molecule has 0 fully saturated rings. The van der Waals surface area contributed by atoms with Gasteiger partial charge in [0.2, 0.25) is 5.91 Å². The number of hydrogen-bond acceptors (Lipinski definition) is 4. The minimum atomic E-state index is -0.394. The smallest absolute Gasteiger partial charge is 0.325 e. The molecule has 0 radical (unpaired) electrons. The summed E-state index contributed by atoms with van der Waals surface area (Å²) in [6.07, 6.45) is 1.20. The topological polar surface area (TPSA) is 67.4 Å². The first-order valence-electron chi connectivity index (χ1n) is 4.77. The van der Waals surface area contributed by atoms with Gasteiger partial charge in [-0.25, -0.2) is 0 Å². The lowest BCUT2D eigenvalue weighted by Crippen LogP contribution is -2.30. The third kappa shape index (κ3) is 7.54. The highest BCUT2D eigenvalue weighted by Crippen LogP contribution is 1.86. The van der Waals surface area contributed by atoms with Crippen LogP contribution in [0.3, 0.4) is 0 Å². The molecule has 0 saturated heterocycles. The van der Waals surface area contributed by atoms with Gasteiger partial charge in [-0.2, -0.15) is 0 Å². The summed E-state index contributed by atoms with van der Waals surface area (Å²) in [7, 11) is 1.83. The van der Waals surface area contributed by atoms with E-state index in [0.29, 0.717) is 13.0 Å². The minimum absolute atomic E-state index is 0.0355. The lowest BCUT2D eigenvalue weighted by molar-refractivity contribution is -0.143. The van der Waals surface area contributed by atoms with Crippen LogP contribution in [-0.4, -0.2) is 38.6 Å². The van der Waals surface area contributed by atoms with Gasteiger partial charge in [-0.3, -0.25) is 9.59 Å². The van der Waals surface area contributed by atoms with Gasteiger partial charge in [-0.1, -0.05) is 0 Å². The Labute approximate surface area is 84.2 Å². The number of nitrogens with one attached hydrogen (secondary N) is 2. The van der Waals surface area contributed by atoms with Crippen molar-refractivity contribution in [1.29, 1.82) is 0 Å². The van der Waals surface area contributed by atoms with E-state index in [-0.39, 0.29) is 12.5 Å². The highest BCUT2D eigenvalue weighted by atomic mass is 16.5. The maximum absolute atomic E-state index is 11.1. The van der Waals surface area contributed by atoms with Crippen LogP contribution in [0.1, 0.15) is 19.8 Å². The fourth-order valence-corrected chi connectivity index (χ4v) is 0.897. The molecule has 0 aromatic heterocycles. The predicted octanol–water partition coefficient (Wildman–Crippen LogP) is -0.335. The van der Waals surface area contributed by atoms with Crippen molar-refractivity contribution < 1.29 is 14.3 Å². The maximum Gasteiger partial charge on any atom is 0.325 e. The molecule has 14 heavy (non-hydrogen) atoms. The molecule has 0 spiro atoms. The second-order valence-electron chi connectivity index (χ2n) is 2.79. The Hall–Kier alpha value is -1.10. The number of carbonyl (C=O) groups is 2. The average molecular weight is 202 g/mol. The van der Waals surface area contributed by atoms with Gasteiger partial charge in [0.05, 0.1) is 6.61 Å². The van der Waals surface area contributed by atoms with Crippen LogP contribution >= 0.6 is 0 Å². The summed E-state index contributed by atoms with van der Waals surface area (Å²) in [5, 5.41) is 5.42. The largest absolute Gasteiger partial charge is 0.465 e. The van der Waals surface area contributed by atoms with Gasteiger partial charge in [0.25, 0.3) is 0 Å². The zero-order valence-corrected chi connectivity index (χ0v) is 8.76. The fourth-order valence-electron chi connectivity index (χ4n) is 0.897. The standard InChI is InChI=1S/C9H18N2O3/c1-3-14-9(13)7-11-8(12)5-4-6-10-2/h10H,3-7H2,1-2H3,(H,11,12). The van der Waals surface area contributed by atoms with E-state index in [2.05, 4.69) is 15.4 Å². The van der Waals surface area contributed by atoms with Crippen molar-refractivity contribution in [1.82, 2.24) is 10.6 Å². The number of rotatable bonds is 7. The van der Waals surface area contributed by atoms with Gasteiger partial charge < -0.3 is 15.4 Å². The third-order valence-corrected chi connectivity index (χ3v) is 1.57. The van der Waals surface area contributed by atoms with Crippen molar-refractivity contribution in [3.63, 3.8) is 0 Å². The Morgan fingerprint density at radius 3 is 2.64 bits per heavy atom. The fraction of sp³-hybridized carbons (Fsp3) is 0.778. The van der Waals surface area contributed by atoms with Crippen molar-refractivity contribution in [3.8, 4) is 0 Å². The van der Waals surface area contributed by atoms with Crippen LogP contribution in [0.15, 0.2) is 0 Å². The van der Waals surface area contributed by atoms with Gasteiger partial charge in [0.1, 0.15) is 6.54 Å². The third-order valence-electron chi connectivity index (χ3n) is 1.57. The summed E-state index contributed by atoms with van der Waals surface area (Å²) in [5.41, 5.74) is 0. The number of esters is 1. The predicted molar refractivity (Wildman–Crippen MR) is 52.8 cm³/mol. The van der Waals surface area contributed by atoms with Crippen molar-refractivity contribution >= 4 is 11.9 Å². The van der Waals surface area contributed by atoms with Crippen LogP contribution in [0.4, 0.5) is 0 Å². The molecule has 0 aliphatic rings. The molecule has 0 unspecified atom stereocenters. The molecule has 5 heteroatoms. The summed E-state index contributed by atoms with van der Waals surface area (Å²) >= 11 is 0. The van der Waals surface area contributed by atoms with Gasteiger partial charge in [-0.05, 0) is 26.9 Å². The Morgan fingerprint density at radius 2 is 2.07 bits per heavy atom. The number of carbonyl (C=O) groups excluding carboxylic acids is 2. The molecule has 0 aromatic rings. The summed E-state index contributed by atoms with van der Waals surface area (Å²) in [6.45, 7) is 2.83. The quantitative estimate of drug-likeness (QED) is 0.438. The van der Waals surface area contributed by atoms with Gasteiger partial charge in [0, 0.05) is 6.42 Å². The molecule has 0 aliphatic carbocycles. The van der Waals surface area contributed by atoms with E-state index in [9.17, 15) is 9.59 Å². The van der Waals surface area contributed by atoms with Gasteiger partial charge in [-0.15, -0.1) is 0 Å². The summed E-state index contributed by atoms with van der Waals surface area (Å²) in [6, 6.07) is 0. The zero-order valence-electron chi connectivity index (χ0n) is 8.76. The molecule has 82 valence electrons. The van der Waals surface area contributed by atoms with E-state index in [1.165, 1.54) is 0 Å². The monoisotopic (exact) mass is 202 g/mol. The van der Waals surface area contributed by atoms with Crippen LogP contribution in [0.2, 0.25) is 0 Å². The first kappa shape index (κ1) is 12.9. The van der Waals surface area contributed by atoms with Crippen LogP contribution < -0.4 is 10.6 Å². The molecule has 0 aromatic carbocycles. The van der Waals surface area contributed by atoms with Crippen LogP contribution in [-0.2, 0) is 14.3 Å². The maximum atomic E-state index is 11.1. The molecular formula is C9H18N2O3. The molecule has 0 aliphatic heterocycles. The molecular weight excluding hydrogens is 184 g/mol. The van der Waals surface area contributed by atoms with E-state index in [1.54, 1.807) is 6.92 Å². The molecule has 2 N–H and O–H groups in total. The van der Waals surface area contributed by atoms with Crippen molar-refractivity contribution in [2.45, 2.75) is 19.8 Å². The van der Waals surface area contributed by atoms with E-state index in [0.717, 1.165) is 13.0 Å². The lowest BCUT2D eigenvalue weighted by Gasteiger charge is -2.04. The number of hydrogen-bond donors (Lipinski definition) is 2. The molecule has 0 rings (SSSR count). The lowest BCUT2D eigenvalue weighted by atomic mass is 10.3. The average Bonchev–Trinajstić information content (AvgIpc) is 2.16. The van der Waals surface area contributed by atoms with Crippen molar-refractivity contribution in [2.75, 3.05) is 26.7 Å². The van der Waals surface area contributed by atoms with Crippen molar-refractivity contribution in [3.05, 3.63) is 0 Å². The second-order valence-corrected chi connectivity index (χ2v) is 2.79. The number of amides is 1. The van der Waals surface area contributed by atoms with Gasteiger partial charge >= 0.3 is 5.97 Å². The first-order chi connectivity index (χ1) is 6.70. The molecule has 1 amide bonds. The molecule has 5 nitrogen and oxygen atoms in total. The highest BCUT2D eigenvalue weighted by molar-refractivity contribution is 5.81. The molecule has 0 heterocycles. The molecule has 0 saturated carbocycles. The molecule has 0 atom stereocenters.